The zero-order valence-electron chi connectivity index (χ0n) is 8.97. The third-order valence-electron chi connectivity index (χ3n) is 2.56. The van der Waals surface area contributed by atoms with Gasteiger partial charge in [-0.3, -0.25) is 0 Å². The smallest absolute Gasteiger partial charge is 0.356 e. The van der Waals surface area contributed by atoms with Gasteiger partial charge in [0.15, 0.2) is 0 Å². The van der Waals surface area contributed by atoms with Crippen molar-refractivity contribution in [2.45, 2.75) is 18.2 Å². The van der Waals surface area contributed by atoms with Crippen molar-refractivity contribution in [3.05, 3.63) is 12.2 Å². The molecule has 0 aromatic rings. The number of carbonyl (C=O) groups excluding carboxylic acids is 2. The van der Waals surface area contributed by atoms with Crippen LogP contribution in [0.25, 0.3) is 0 Å². The fourth-order valence-electron chi connectivity index (χ4n) is 1.69. The third-order valence-corrected chi connectivity index (χ3v) is 2.56. The predicted octanol–water partition coefficient (Wildman–Crippen LogP) is -0.0223. The summed E-state index contributed by atoms with van der Waals surface area (Å²) in [4.78, 5) is 22.6. The van der Waals surface area contributed by atoms with Gasteiger partial charge in [0.1, 0.15) is 0 Å². The van der Waals surface area contributed by atoms with Crippen LogP contribution in [0.5, 0.6) is 0 Å². The maximum atomic E-state index is 14.4. The zero-order chi connectivity index (χ0) is 12.3. The number of hydrogen-bond donors (Lipinski definition) is 1. The Labute approximate surface area is 91.8 Å². The molecule has 6 heteroatoms. The fourth-order valence-corrected chi connectivity index (χ4v) is 1.69. The molecule has 0 aromatic carbocycles. The number of rotatable bonds is 3. The molecule has 0 amide bonds. The van der Waals surface area contributed by atoms with E-state index in [0.29, 0.717) is 0 Å². The van der Waals surface area contributed by atoms with E-state index in [1.54, 1.807) is 0 Å². The van der Waals surface area contributed by atoms with Crippen LogP contribution in [0.1, 0.15) is 6.42 Å². The van der Waals surface area contributed by atoms with Crippen LogP contribution >= 0.6 is 0 Å². The molecule has 0 aromatic heterocycles. The van der Waals surface area contributed by atoms with Gasteiger partial charge in [0, 0.05) is 0 Å². The number of hydrogen-bond acceptors (Lipinski definition) is 5. The minimum absolute atomic E-state index is 0.185. The van der Waals surface area contributed by atoms with E-state index >= 15 is 0 Å². The Morgan fingerprint density at radius 3 is 2.19 bits per heavy atom. The molecule has 1 aliphatic rings. The first kappa shape index (κ1) is 12.6. The van der Waals surface area contributed by atoms with Gasteiger partial charge in [0.25, 0.3) is 0 Å². The lowest BCUT2D eigenvalue weighted by Crippen LogP contribution is -2.52. The molecule has 0 unspecified atom stereocenters. The number of aliphatic hydroxyl groups is 1. The molecule has 0 spiro atoms. The van der Waals surface area contributed by atoms with E-state index in [2.05, 4.69) is 9.47 Å². The van der Waals surface area contributed by atoms with Crippen molar-refractivity contribution in [3.8, 4) is 0 Å². The first-order valence-electron chi connectivity index (χ1n) is 4.69. The van der Waals surface area contributed by atoms with Gasteiger partial charge in [-0.15, -0.1) is 0 Å². The maximum absolute atomic E-state index is 14.4. The summed E-state index contributed by atoms with van der Waals surface area (Å²) >= 11 is 0. The Hall–Kier alpha value is -1.43. The maximum Gasteiger partial charge on any atom is 0.356 e. The highest BCUT2D eigenvalue weighted by atomic mass is 19.1. The minimum atomic E-state index is -2.99. The Balaban J connectivity index is 3.08. The molecule has 0 saturated carbocycles. The van der Waals surface area contributed by atoms with Crippen molar-refractivity contribution in [1.29, 1.82) is 0 Å². The highest BCUT2D eigenvalue weighted by Gasteiger charge is 2.58. The summed E-state index contributed by atoms with van der Waals surface area (Å²) in [6, 6.07) is 0. The second kappa shape index (κ2) is 4.61. The molecule has 0 radical (unpaired) electrons. The Bertz CT molecular complexity index is 309. The van der Waals surface area contributed by atoms with Gasteiger partial charge < -0.3 is 14.6 Å². The average molecular weight is 232 g/mol. The van der Waals surface area contributed by atoms with Gasteiger partial charge in [-0.05, 0) is 6.42 Å². The molecule has 1 aliphatic carbocycles. The highest BCUT2D eigenvalue weighted by molar-refractivity contribution is 6.04. The SMILES string of the molecule is COC(=O)C(F)(C(=O)OC)[C@@H]1C=CC[C@H]1O. The number of halogens is 1. The number of methoxy groups -OCH3 is 2. The van der Waals surface area contributed by atoms with E-state index < -0.39 is 29.6 Å². The standard InChI is InChI=1S/C10H13FO5/c1-15-8(13)10(11,9(14)16-2)6-4-3-5-7(6)12/h3-4,6-7,12H,5H2,1-2H3/t6-,7-/m1/s1. The third kappa shape index (κ3) is 1.80. The van der Waals surface area contributed by atoms with Gasteiger partial charge in [-0.1, -0.05) is 12.2 Å². The second-order valence-electron chi connectivity index (χ2n) is 3.45. The largest absolute Gasteiger partial charge is 0.466 e. The second-order valence-corrected chi connectivity index (χ2v) is 3.45. The van der Waals surface area contributed by atoms with Crippen LogP contribution in [-0.2, 0) is 19.1 Å². The van der Waals surface area contributed by atoms with E-state index in [1.807, 2.05) is 0 Å². The molecule has 1 N–H and O–H groups in total. The predicted molar refractivity (Wildman–Crippen MR) is 51.1 cm³/mol. The van der Waals surface area contributed by atoms with E-state index in [4.69, 9.17) is 0 Å². The summed E-state index contributed by atoms with van der Waals surface area (Å²) in [5.41, 5.74) is -2.99. The van der Waals surface area contributed by atoms with Crippen LogP contribution in [0.15, 0.2) is 12.2 Å². The Morgan fingerprint density at radius 1 is 1.38 bits per heavy atom. The van der Waals surface area contributed by atoms with E-state index in [0.717, 1.165) is 14.2 Å². The first-order chi connectivity index (χ1) is 7.48. The quantitative estimate of drug-likeness (QED) is 0.420. The minimum Gasteiger partial charge on any atom is -0.466 e. The number of ether oxygens (including phenoxy) is 2. The summed E-state index contributed by atoms with van der Waals surface area (Å²) in [6.45, 7) is 0. The lowest BCUT2D eigenvalue weighted by molar-refractivity contribution is -0.177. The lowest BCUT2D eigenvalue weighted by Gasteiger charge is -2.27. The molecule has 1 rings (SSSR count). The molecular weight excluding hydrogens is 219 g/mol. The summed E-state index contributed by atoms with van der Waals surface area (Å²) in [7, 11) is 1.93. The molecule has 0 heterocycles. The van der Waals surface area contributed by atoms with Crippen LogP contribution in [0.4, 0.5) is 4.39 Å². The van der Waals surface area contributed by atoms with Crippen LogP contribution in [-0.4, -0.2) is 43.0 Å². The molecule has 2 atom stereocenters. The van der Waals surface area contributed by atoms with Gasteiger partial charge in [-0.2, -0.15) is 0 Å². The molecule has 0 saturated heterocycles. The Kier molecular flexibility index (Phi) is 3.64. The number of carbonyl (C=O) groups is 2. The van der Waals surface area contributed by atoms with Crippen molar-refractivity contribution in [2.24, 2.45) is 5.92 Å². The zero-order valence-corrected chi connectivity index (χ0v) is 8.97. The summed E-state index contributed by atoms with van der Waals surface area (Å²) in [6.07, 6.45) is 1.82. The monoisotopic (exact) mass is 232 g/mol. The van der Waals surface area contributed by atoms with Crippen molar-refractivity contribution in [3.63, 3.8) is 0 Å². The van der Waals surface area contributed by atoms with E-state index in [-0.39, 0.29) is 6.42 Å². The van der Waals surface area contributed by atoms with Crippen LogP contribution in [0.2, 0.25) is 0 Å². The summed E-state index contributed by atoms with van der Waals surface area (Å²) in [5.74, 6) is -4.00. The Morgan fingerprint density at radius 2 is 1.88 bits per heavy atom. The molecule has 16 heavy (non-hydrogen) atoms. The van der Waals surface area contributed by atoms with Crippen molar-refractivity contribution in [2.75, 3.05) is 14.2 Å². The molecule has 0 aliphatic heterocycles. The molecular formula is C10H13FO5. The average Bonchev–Trinajstić information content (AvgIpc) is 2.72. The highest BCUT2D eigenvalue weighted by Crippen LogP contribution is 2.34. The number of alkyl halides is 1. The normalized spacial score (nSPS) is 24.2. The van der Waals surface area contributed by atoms with Crippen molar-refractivity contribution in [1.82, 2.24) is 0 Å². The van der Waals surface area contributed by atoms with E-state index in [9.17, 15) is 19.1 Å². The molecule has 5 nitrogen and oxygen atoms in total. The first-order valence-corrected chi connectivity index (χ1v) is 4.69. The lowest BCUT2D eigenvalue weighted by atomic mass is 9.87. The van der Waals surface area contributed by atoms with Gasteiger partial charge in [-0.25, -0.2) is 14.0 Å². The molecule has 0 fully saturated rings. The van der Waals surface area contributed by atoms with E-state index in [1.165, 1.54) is 12.2 Å². The van der Waals surface area contributed by atoms with Gasteiger partial charge in [0.05, 0.1) is 26.2 Å². The topological polar surface area (TPSA) is 72.8 Å². The van der Waals surface area contributed by atoms with Gasteiger partial charge in [0.2, 0.25) is 0 Å². The van der Waals surface area contributed by atoms with Gasteiger partial charge >= 0.3 is 17.6 Å². The molecule has 0 bridgehead atoms. The van der Waals surface area contributed by atoms with Crippen LogP contribution < -0.4 is 0 Å². The van der Waals surface area contributed by atoms with Crippen molar-refractivity contribution >= 4 is 11.9 Å². The molecule has 90 valence electrons. The fraction of sp³-hybridized carbons (Fsp3) is 0.600. The summed E-state index contributed by atoms with van der Waals surface area (Å²) in [5, 5.41) is 9.50. The number of aliphatic hydroxyl groups excluding tert-OH is 1. The van der Waals surface area contributed by atoms with Crippen LogP contribution in [0, 0.1) is 5.92 Å². The van der Waals surface area contributed by atoms with Crippen molar-refractivity contribution < 1.29 is 28.6 Å². The van der Waals surface area contributed by atoms with Crippen LogP contribution in [0.3, 0.4) is 0 Å². The summed E-state index contributed by atoms with van der Waals surface area (Å²) < 4.78 is 22.9. The number of esters is 2.